The first kappa shape index (κ1) is 19.8. The first-order valence-corrected chi connectivity index (χ1v) is 7.52. The van der Waals surface area contributed by atoms with Crippen LogP contribution in [0.5, 0.6) is 5.75 Å². The molecular weight excluding hydrogens is 364 g/mol. The number of hydrogen-bond acceptors (Lipinski definition) is 6. The van der Waals surface area contributed by atoms with Crippen LogP contribution < -0.4 is 10.1 Å². The summed E-state index contributed by atoms with van der Waals surface area (Å²) in [5, 5.41) is 2.48. The molecule has 0 aliphatic rings. The first-order chi connectivity index (χ1) is 12.8. The zero-order valence-corrected chi connectivity index (χ0v) is 14.3. The topological polar surface area (TPSA) is 90.9 Å². The number of halogens is 2. The lowest BCUT2D eigenvalue weighted by Gasteiger charge is -2.10. The van der Waals surface area contributed by atoms with Gasteiger partial charge in [0.15, 0.2) is 0 Å². The summed E-state index contributed by atoms with van der Waals surface area (Å²) in [6.07, 6.45) is 0. The van der Waals surface area contributed by atoms with Gasteiger partial charge in [0, 0.05) is 11.3 Å². The smallest absolute Gasteiger partial charge is 0.387 e. The van der Waals surface area contributed by atoms with Crippen LogP contribution in [0.3, 0.4) is 0 Å². The highest BCUT2D eigenvalue weighted by atomic mass is 19.3. The number of amides is 1. The van der Waals surface area contributed by atoms with Gasteiger partial charge in [-0.3, -0.25) is 4.79 Å². The fourth-order valence-electron chi connectivity index (χ4n) is 2.19. The van der Waals surface area contributed by atoms with E-state index in [1.807, 2.05) is 0 Å². The molecule has 2 aromatic rings. The minimum Gasteiger partial charge on any atom is -0.465 e. The Balaban J connectivity index is 2.31. The Hall–Kier alpha value is -3.49. The van der Waals surface area contributed by atoms with Gasteiger partial charge in [-0.15, -0.1) is 0 Å². The van der Waals surface area contributed by atoms with E-state index in [0.717, 1.165) is 6.07 Å². The predicted octanol–water partition coefficient (Wildman–Crippen LogP) is 3.11. The van der Waals surface area contributed by atoms with Gasteiger partial charge in [0.1, 0.15) is 5.75 Å². The lowest BCUT2D eigenvalue weighted by Crippen LogP contribution is -2.14. The summed E-state index contributed by atoms with van der Waals surface area (Å²) in [5.41, 5.74) is 0.190. The molecule has 0 heterocycles. The molecule has 0 aliphatic heterocycles. The molecule has 1 N–H and O–H groups in total. The van der Waals surface area contributed by atoms with Gasteiger partial charge in [-0.05, 0) is 36.4 Å². The summed E-state index contributed by atoms with van der Waals surface area (Å²) in [6.45, 7) is -3.03. The fourth-order valence-corrected chi connectivity index (χ4v) is 2.19. The zero-order chi connectivity index (χ0) is 20.0. The van der Waals surface area contributed by atoms with Gasteiger partial charge in [0.25, 0.3) is 5.91 Å². The maximum Gasteiger partial charge on any atom is 0.387 e. The molecular formula is C18H15F2NO6. The Labute approximate surface area is 152 Å². The van der Waals surface area contributed by atoms with Crippen LogP contribution in [0.2, 0.25) is 0 Å². The lowest BCUT2D eigenvalue weighted by atomic mass is 10.1. The Kier molecular flexibility index (Phi) is 6.42. The molecule has 0 atom stereocenters. The third-order valence-corrected chi connectivity index (χ3v) is 3.35. The number of anilines is 1. The van der Waals surface area contributed by atoms with Crippen LogP contribution in [0, 0.1) is 0 Å². The van der Waals surface area contributed by atoms with Gasteiger partial charge in [-0.2, -0.15) is 8.78 Å². The molecule has 2 aromatic carbocycles. The Morgan fingerprint density at radius 1 is 0.889 bits per heavy atom. The molecule has 0 unspecified atom stereocenters. The van der Waals surface area contributed by atoms with E-state index in [9.17, 15) is 23.2 Å². The number of nitrogens with one attached hydrogen (secondary N) is 1. The van der Waals surface area contributed by atoms with E-state index in [-0.39, 0.29) is 28.1 Å². The molecule has 27 heavy (non-hydrogen) atoms. The predicted molar refractivity (Wildman–Crippen MR) is 90.1 cm³/mol. The maximum atomic E-state index is 12.4. The summed E-state index contributed by atoms with van der Waals surface area (Å²) in [5.74, 6) is -2.28. The van der Waals surface area contributed by atoms with Crippen LogP contribution in [-0.4, -0.2) is 38.7 Å². The number of methoxy groups -OCH3 is 2. The second-order valence-corrected chi connectivity index (χ2v) is 5.14. The van der Waals surface area contributed by atoms with E-state index in [1.54, 1.807) is 0 Å². The van der Waals surface area contributed by atoms with Crippen molar-refractivity contribution in [2.75, 3.05) is 19.5 Å². The molecule has 0 spiro atoms. The second-order valence-electron chi connectivity index (χ2n) is 5.14. The minimum atomic E-state index is -3.03. The quantitative estimate of drug-likeness (QED) is 0.776. The summed E-state index contributed by atoms with van der Waals surface area (Å²) >= 11 is 0. The second kappa shape index (κ2) is 8.75. The number of carbonyl (C=O) groups excluding carboxylic acids is 3. The van der Waals surface area contributed by atoms with E-state index in [2.05, 4.69) is 19.5 Å². The average Bonchev–Trinajstić information content (AvgIpc) is 2.66. The van der Waals surface area contributed by atoms with Gasteiger partial charge in [0.05, 0.1) is 25.3 Å². The molecule has 1 amide bonds. The standard InChI is InChI=1S/C18H15F2NO6/c1-25-16(23)11-6-12(17(24)26-2)8-13(7-11)21-15(22)10-4-3-5-14(9-10)27-18(19)20/h3-9,18H,1-2H3,(H,21,22). The number of carbonyl (C=O) groups is 3. The van der Waals surface area contributed by atoms with E-state index in [1.165, 1.54) is 50.6 Å². The molecule has 0 fully saturated rings. The third-order valence-electron chi connectivity index (χ3n) is 3.35. The molecule has 9 heteroatoms. The number of benzene rings is 2. The van der Waals surface area contributed by atoms with Crippen molar-refractivity contribution < 1.29 is 37.4 Å². The number of rotatable bonds is 6. The molecule has 0 radical (unpaired) electrons. The third kappa shape index (κ3) is 5.24. The van der Waals surface area contributed by atoms with Crippen molar-refractivity contribution in [2.24, 2.45) is 0 Å². The largest absolute Gasteiger partial charge is 0.465 e. The highest BCUT2D eigenvalue weighted by Crippen LogP contribution is 2.20. The van der Waals surface area contributed by atoms with Gasteiger partial charge >= 0.3 is 18.6 Å². The van der Waals surface area contributed by atoms with Crippen molar-refractivity contribution in [3.8, 4) is 5.75 Å². The van der Waals surface area contributed by atoms with Gasteiger partial charge in [0.2, 0.25) is 0 Å². The number of ether oxygens (including phenoxy) is 3. The SMILES string of the molecule is COC(=O)c1cc(NC(=O)c2cccc(OC(F)F)c2)cc(C(=O)OC)c1. The Morgan fingerprint density at radius 3 is 2.00 bits per heavy atom. The molecule has 0 aliphatic carbocycles. The molecule has 7 nitrogen and oxygen atoms in total. The molecule has 0 saturated carbocycles. The van der Waals surface area contributed by atoms with Crippen molar-refractivity contribution in [3.63, 3.8) is 0 Å². The van der Waals surface area contributed by atoms with Crippen LogP contribution in [0.4, 0.5) is 14.5 Å². The minimum absolute atomic E-state index is 0.0190. The number of hydrogen-bond donors (Lipinski definition) is 1. The summed E-state index contributed by atoms with van der Waals surface area (Å²) < 4.78 is 38.1. The van der Waals surface area contributed by atoms with Crippen LogP contribution >= 0.6 is 0 Å². The van der Waals surface area contributed by atoms with Crippen molar-refractivity contribution in [1.82, 2.24) is 0 Å². The number of esters is 2. The van der Waals surface area contributed by atoms with Crippen LogP contribution in [0.15, 0.2) is 42.5 Å². The maximum absolute atomic E-state index is 12.4. The molecule has 0 bridgehead atoms. The number of alkyl halides is 2. The van der Waals surface area contributed by atoms with E-state index < -0.39 is 24.5 Å². The van der Waals surface area contributed by atoms with Crippen molar-refractivity contribution in [3.05, 3.63) is 59.2 Å². The molecule has 0 saturated heterocycles. The Bertz CT molecular complexity index is 834. The first-order valence-electron chi connectivity index (χ1n) is 7.52. The van der Waals surface area contributed by atoms with Crippen molar-refractivity contribution in [2.45, 2.75) is 6.61 Å². The zero-order valence-electron chi connectivity index (χ0n) is 14.3. The van der Waals surface area contributed by atoms with Crippen molar-refractivity contribution >= 4 is 23.5 Å². The van der Waals surface area contributed by atoms with Gasteiger partial charge < -0.3 is 19.5 Å². The van der Waals surface area contributed by atoms with Crippen LogP contribution in [0.1, 0.15) is 31.1 Å². The van der Waals surface area contributed by atoms with E-state index in [4.69, 9.17) is 0 Å². The molecule has 142 valence electrons. The van der Waals surface area contributed by atoms with Crippen LogP contribution in [-0.2, 0) is 9.47 Å². The fraction of sp³-hybridized carbons (Fsp3) is 0.167. The normalized spacial score (nSPS) is 10.3. The average molecular weight is 379 g/mol. The lowest BCUT2D eigenvalue weighted by molar-refractivity contribution is -0.0498. The van der Waals surface area contributed by atoms with Crippen molar-refractivity contribution in [1.29, 1.82) is 0 Å². The van der Waals surface area contributed by atoms with E-state index in [0.29, 0.717) is 0 Å². The summed E-state index contributed by atoms with van der Waals surface area (Å²) in [4.78, 5) is 35.9. The van der Waals surface area contributed by atoms with Crippen LogP contribution in [0.25, 0.3) is 0 Å². The van der Waals surface area contributed by atoms with Gasteiger partial charge in [-0.1, -0.05) is 6.07 Å². The molecule has 2 rings (SSSR count). The van der Waals surface area contributed by atoms with E-state index >= 15 is 0 Å². The summed E-state index contributed by atoms with van der Waals surface area (Å²) in [6, 6.07) is 9.02. The Morgan fingerprint density at radius 2 is 1.48 bits per heavy atom. The van der Waals surface area contributed by atoms with Gasteiger partial charge in [-0.25, -0.2) is 9.59 Å². The molecule has 0 aromatic heterocycles. The highest BCUT2D eigenvalue weighted by molar-refractivity contribution is 6.06. The monoisotopic (exact) mass is 379 g/mol. The summed E-state index contributed by atoms with van der Waals surface area (Å²) in [7, 11) is 2.33. The highest BCUT2D eigenvalue weighted by Gasteiger charge is 2.16.